The van der Waals surface area contributed by atoms with Gasteiger partial charge in [0, 0.05) is 28.9 Å². The fourth-order valence-corrected chi connectivity index (χ4v) is 3.14. The van der Waals surface area contributed by atoms with Crippen molar-refractivity contribution in [3.63, 3.8) is 0 Å². The molecule has 6 heteroatoms. The Morgan fingerprint density at radius 3 is 2.53 bits per heavy atom. The zero-order valence-corrected chi connectivity index (χ0v) is 13.2. The molecule has 0 aliphatic carbocycles. The molecule has 0 aliphatic heterocycles. The van der Waals surface area contributed by atoms with Crippen molar-refractivity contribution in [2.24, 2.45) is 0 Å². The third-order valence-electron chi connectivity index (χ3n) is 3.04. The number of anilines is 1. The van der Waals surface area contributed by atoms with Gasteiger partial charge in [-0.3, -0.25) is 4.21 Å². The van der Waals surface area contributed by atoms with Crippen LogP contribution in [0.4, 0.5) is 5.69 Å². The van der Waals surface area contributed by atoms with Gasteiger partial charge >= 0.3 is 0 Å². The highest BCUT2D eigenvalue weighted by Gasteiger charge is 2.16. The van der Waals surface area contributed by atoms with Crippen molar-refractivity contribution in [1.29, 1.82) is 0 Å². The molecule has 0 bridgehead atoms. The van der Waals surface area contributed by atoms with E-state index in [1.807, 2.05) is 6.92 Å². The molecule has 0 saturated carbocycles. The van der Waals surface area contributed by atoms with Crippen LogP contribution in [0, 0.1) is 0 Å². The lowest BCUT2D eigenvalue weighted by molar-refractivity contribution is 0.597. The molecule has 1 aromatic rings. The molecule has 0 fully saturated rings. The van der Waals surface area contributed by atoms with E-state index in [0.717, 1.165) is 6.42 Å². The minimum Gasteiger partial charge on any atom is -0.384 e. The van der Waals surface area contributed by atoms with E-state index in [0.29, 0.717) is 17.1 Å². The van der Waals surface area contributed by atoms with Gasteiger partial charge in [0.25, 0.3) is 0 Å². The van der Waals surface area contributed by atoms with Crippen LogP contribution in [0.25, 0.3) is 0 Å². The van der Waals surface area contributed by atoms with Gasteiger partial charge in [0.15, 0.2) is 9.84 Å². The molecule has 0 amide bonds. The molecule has 0 spiro atoms. The largest absolute Gasteiger partial charge is 0.384 e. The molecule has 1 rings (SSSR count). The average molecular weight is 303 g/mol. The molecule has 0 aliphatic rings. The summed E-state index contributed by atoms with van der Waals surface area (Å²) in [6.45, 7) is 4.16. The van der Waals surface area contributed by atoms with Crippen LogP contribution in [-0.4, -0.2) is 36.4 Å². The van der Waals surface area contributed by atoms with E-state index in [2.05, 4.69) is 5.32 Å². The Morgan fingerprint density at radius 2 is 1.95 bits per heavy atom. The van der Waals surface area contributed by atoms with Crippen LogP contribution in [-0.2, 0) is 20.6 Å². The second-order valence-electron chi connectivity index (χ2n) is 4.42. The summed E-state index contributed by atoms with van der Waals surface area (Å²) >= 11 is 0. The maximum atomic E-state index is 11.9. The smallest absolute Gasteiger partial charge is 0.180 e. The molecule has 1 aromatic carbocycles. The Morgan fingerprint density at radius 1 is 1.32 bits per heavy atom. The summed E-state index contributed by atoms with van der Waals surface area (Å²) in [6.07, 6.45) is 2.42. The van der Waals surface area contributed by atoms with E-state index in [1.165, 1.54) is 0 Å². The van der Waals surface area contributed by atoms with Crippen molar-refractivity contribution < 1.29 is 12.6 Å². The Balaban J connectivity index is 2.77. The van der Waals surface area contributed by atoms with Crippen molar-refractivity contribution in [3.05, 3.63) is 24.3 Å². The van der Waals surface area contributed by atoms with E-state index >= 15 is 0 Å². The maximum absolute atomic E-state index is 11.9. The summed E-state index contributed by atoms with van der Waals surface area (Å²) in [4.78, 5) is 0.336. The Kier molecular flexibility index (Phi) is 6.00. The number of hydrogen-bond acceptors (Lipinski definition) is 4. The van der Waals surface area contributed by atoms with Crippen molar-refractivity contribution >= 4 is 26.3 Å². The van der Waals surface area contributed by atoms with Crippen LogP contribution in [0.1, 0.15) is 20.3 Å². The molecular weight excluding hydrogens is 282 g/mol. The molecule has 4 nitrogen and oxygen atoms in total. The highest BCUT2D eigenvalue weighted by Crippen LogP contribution is 2.22. The number of para-hydroxylation sites is 1. The maximum Gasteiger partial charge on any atom is 0.180 e. The number of rotatable bonds is 7. The zero-order chi connectivity index (χ0) is 14.5. The summed E-state index contributed by atoms with van der Waals surface area (Å²) in [5, 5.41) is 3.23. The monoisotopic (exact) mass is 303 g/mol. The molecule has 0 saturated heterocycles. The van der Waals surface area contributed by atoms with Gasteiger partial charge < -0.3 is 5.32 Å². The highest BCUT2D eigenvalue weighted by atomic mass is 32.2. The molecule has 0 aromatic heterocycles. The third kappa shape index (κ3) is 4.62. The second kappa shape index (κ2) is 7.05. The van der Waals surface area contributed by atoms with Gasteiger partial charge in [0.1, 0.15) is 0 Å². The number of hydrogen-bond donors (Lipinski definition) is 1. The molecule has 19 heavy (non-hydrogen) atoms. The van der Waals surface area contributed by atoms with Gasteiger partial charge in [-0.1, -0.05) is 26.0 Å². The van der Waals surface area contributed by atoms with Gasteiger partial charge in [-0.05, 0) is 18.6 Å². The quantitative estimate of drug-likeness (QED) is 0.837. The highest BCUT2D eigenvalue weighted by molar-refractivity contribution is 7.91. The normalized spacial score (nSPS) is 14.9. The Labute approximate surface area is 118 Å². The molecular formula is C13H21NO3S2. The lowest BCUT2D eigenvalue weighted by Crippen LogP contribution is -2.16. The lowest BCUT2D eigenvalue weighted by Gasteiger charge is -2.13. The van der Waals surface area contributed by atoms with E-state index in [9.17, 15) is 12.6 Å². The van der Waals surface area contributed by atoms with Crippen LogP contribution in [0.2, 0.25) is 0 Å². The Hall–Kier alpha value is -0.880. The van der Waals surface area contributed by atoms with Gasteiger partial charge in [-0.15, -0.1) is 0 Å². The predicted molar refractivity (Wildman–Crippen MR) is 80.8 cm³/mol. The zero-order valence-electron chi connectivity index (χ0n) is 11.5. The van der Waals surface area contributed by atoms with Crippen molar-refractivity contribution in [3.8, 4) is 0 Å². The molecule has 0 radical (unpaired) electrons. The third-order valence-corrected chi connectivity index (χ3v) is 6.19. The lowest BCUT2D eigenvalue weighted by atomic mass is 10.3. The van der Waals surface area contributed by atoms with Crippen molar-refractivity contribution in [2.75, 3.05) is 23.9 Å². The van der Waals surface area contributed by atoms with Crippen LogP contribution < -0.4 is 5.32 Å². The molecule has 1 N–H and O–H groups in total. The predicted octanol–water partition coefficient (Wildman–Crippen LogP) is 2.05. The summed E-state index contributed by atoms with van der Waals surface area (Å²) < 4.78 is 35.1. The number of sulfone groups is 1. The van der Waals surface area contributed by atoms with Gasteiger partial charge in [0.2, 0.25) is 0 Å². The summed E-state index contributed by atoms with van der Waals surface area (Å²) in [5.74, 6) is 0.0844. The van der Waals surface area contributed by atoms with E-state index < -0.39 is 20.6 Å². The summed E-state index contributed by atoms with van der Waals surface area (Å²) in [7, 11) is -4.07. The van der Waals surface area contributed by atoms with Crippen LogP contribution in [0.15, 0.2) is 29.2 Å². The number of benzene rings is 1. The molecule has 2 unspecified atom stereocenters. The van der Waals surface area contributed by atoms with Gasteiger partial charge in [0.05, 0.1) is 16.3 Å². The number of nitrogens with one attached hydrogen (secondary N) is 1. The SMILES string of the molecule is CCS(=O)(=O)c1ccccc1NCCC(C)S(C)=O. The van der Waals surface area contributed by atoms with Crippen molar-refractivity contribution in [2.45, 2.75) is 30.4 Å². The van der Waals surface area contributed by atoms with E-state index in [-0.39, 0.29) is 11.0 Å². The molecule has 108 valence electrons. The van der Waals surface area contributed by atoms with E-state index in [4.69, 9.17) is 0 Å². The van der Waals surface area contributed by atoms with Gasteiger partial charge in [-0.25, -0.2) is 8.42 Å². The van der Waals surface area contributed by atoms with Crippen LogP contribution in [0.5, 0.6) is 0 Å². The average Bonchev–Trinajstić information content (AvgIpc) is 2.39. The van der Waals surface area contributed by atoms with Crippen LogP contribution >= 0.6 is 0 Å². The second-order valence-corrected chi connectivity index (χ2v) is 8.47. The molecule has 0 heterocycles. The molecule has 2 atom stereocenters. The summed E-state index contributed by atoms with van der Waals surface area (Å²) in [5.41, 5.74) is 0.624. The standard InChI is InChI=1S/C13H21NO3S2/c1-4-19(16,17)13-8-6-5-7-12(13)14-10-9-11(2)18(3)15/h5-8,11,14H,4,9-10H2,1-3H3. The van der Waals surface area contributed by atoms with E-state index in [1.54, 1.807) is 37.4 Å². The Bertz CT molecular complexity index is 541. The fraction of sp³-hybridized carbons (Fsp3) is 0.538. The minimum atomic E-state index is -3.22. The van der Waals surface area contributed by atoms with Crippen molar-refractivity contribution in [1.82, 2.24) is 0 Å². The van der Waals surface area contributed by atoms with Crippen LogP contribution in [0.3, 0.4) is 0 Å². The first kappa shape index (κ1) is 16.2. The summed E-state index contributed by atoms with van der Waals surface area (Å²) in [6, 6.07) is 6.90. The topological polar surface area (TPSA) is 63.2 Å². The van der Waals surface area contributed by atoms with Gasteiger partial charge in [-0.2, -0.15) is 0 Å². The first-order valence-corrected chi connectivity index (χ1v) is 9.53. The minimum absolute atomic E-state index is 0.0844. The first-order chi connectivity index (χ1) is 8.88. The fourth-order valence-electron chi connectivity index (χ4n) is 1.62. The first-order valence-electron chi connectivity index (χ1n) is 6.26.